The number of nitrogens with zero attached hydrogens (tertiary/aromatic N) is 2. The smallest absolute Gasteiger partial charge is 0.295 e. The lowest BCUT2D eigenvalue weighted by Crippen LogP contribution is -2.42. The van der Waals surface area contributed by atoms with E-state index in [1.807, 2.05) is 30.3 Å². The summed E-state index contributed by atoms with van der Waals surface area (Å²) in [5.41, 5.74) is 1.44. The molecule has 0 saturated carbocycles. The maximum atomic E-state index is 13.0. The summed E-state index contributed by atoms with van der Waals surface area (Å²) in [4.78, 5) is 29.7. The molecule has 7 heteroatoms. The van der Waals surface area contributed by atoms with Crippen molar-refractivity contribution in [1.82, 2.24) is 9.80 Å². The molecule has 2 fully saturated rings. The predicted molar refractivity (Wildman–Crippen MR) is 117 cm³/mol. The van der Waals surface area contributed by atoms with Crippen molar-refractivity contribution >= 4 is 33.4 Å². The SMILES string of the molecule is O=C1C(=O)N(CCN2CCOCC2)[C@H](c2ccc(Br)cc2)C1=C(O)c1ccccc1. The van der Waals surface area contributed by atoms with Crippen LogP contribution in [-0.2, 0) is 14.3 Å². The lowest BCUT2D eigenvalue weighted by molar-refractivity contribution is -0.140. The van der Waals surface area contributed by atoms with Gasteiger partial charge in [0.25, 0.3) is 11.7 Å². The van der Waals surface area contributed by atoms with Crippen LogP contribution in [0.15, 0.2) is 64.6 Å². The van der Waals surface area contributed by atoms with Gasteiger partial charge in [0.15, 0.2) is 0 Å². The van der Waals surface area contributed by atoms with Crippen LogP contribution in [0.2, 0.25) is 0 Å². The molecule has 2 heterocycles. The highest BCUT2D eigenvalue weighted by Crippen LogP contribution is 2.39. The Morgan fingerprint density at radius 3 is 2.33 bits per heavy atom. The molecule has 156 valence electrons. The first-order valence-electron chi connectivity index (χ1n) is 9.95. The van der Waals surface area contributed by atoms with Gasteiger partial charge in [-0.15, -0.1) is 0 Å². The van der Waals surface area contributed by atoms with Gasteiger partial charge in [0.2, 0.25) is 0 Å². The average Bonchev–Trinajstić information content (AvgIpc) is 3.04. The first-order valence-corrected chi connectivity index (χ1v) is 10.7. The molecule has 0 radical (unpaired) electrons. The highest BCUT2D eigenvalue weighted by molar-refractivity contribution is 9.10. The van der Waals surface area contributed by atoms with Crippen molar-refractivity contribution in [3.8, 4) is 0 Å². The summed E-state index contributed by atoms with van der Waals surface area (Å²) in [7, 11) is 0. The Hall–Kier alpha value is -2.48. The standard InChI is InChI=1S/C23H23BrN2O4/c24-18-8-6-16(7-9-18)20-19(21(27)17-4-2-1-3-5-17)22(28)23(29)26(20)11-10-25-12-14-30-15-13-25/h1-9,20,27H,10-15H2/t20-/m1/s1. The number of likely N-dealkylation sites (tertiary alicyclic amines) is 1. The van der Waals surface area contributed by atoms with Crippen LogP contribution < -0.4 is 0 Å². The summed E-state index contributed by atoms with van der Waals surface area (Å²) >= 11 is 3.43. The van der Waals surface area contributed by atoms with E-state index in [1.165, 1.54) is 0 Å². The van der Waals surface area contributed by atoms with E-state index in [9.17, 15) is 14.7 Å². The third kappa shape index (κ3) is 4.19. The van der Waals surface area contributed by atoms with Gasteiger partial charge in [-0.2, -0.15) is 0 Å². The van der Waals surface area contributed by atoms with Crippen LogP contribution >= 0.6 is 15.9 Å². The minimum Gasteiger partial charge on any atom is -0.507 e. The van der Waals surface area contributed by atoms with Gasteiger partial charge in [-0.05, 0) is 17.7 Å². The molecule has 2 aliphatic heterocycles. The number of morpholine rings is 1. The first-order chi connectivity index (χ1) is 14.6. The summed E-state index contributed by atoms with van der Waals surface area (Å²) in [5, 5.41) is 11.0. The Balaban J connectivity index is 1.72. The number of hydrogen-bond acceptors (Lipinski definition) is 5. The molecule has 2 aromatic rings. The van der Waals surface area contributed by atoms with Gasteiger partial charge in [0.1, 0.15) is 5.76 Å². The molecule has 0 aliphatic carbocycles. The van der Waals surface area contributed by atoms with Gasteiger partial charge in [-0.25, -0.2) is 0 Å². The van der Waals surface area contributed by atoms with Crippen molar-refractivity contribution in [3.63, 3.8) is 0 Å². The molecule has 0 aromatic heterocycles. The zero-order valence-electron chi connectivity index (χ0n) is 16.5. The minimum absolute atomic E-state index is 0.135. The highest BCUT2D eigenvalue weighted by atomic mass is 79.9. The van der Waals surface area contributed by atoms with Crippen molar-refractivity contribution in [3.05, 3.63) is 75.8 Å². The molecule has 30 heavy (non-hydrogen) atoms. The molecule has 0 unspecified atom stereocenters. The van der Waals surface area contributed by atoms with E-state index in [0.29, 0.717) is 31.9 Å². The summed E-state index contributed by atoms with van der Waals surface area (Å²) in [6, 6.07) is 15.8. The van der Waals surface area contributed by atoms with Crippen molar-refractivity contribution in [1.29, 1.82) is 0 Å². The number of aliphatic hydroxyl groups excluding tert-OH is 1. The molecule has 4 rings (SSSR count). The first kappa shape index (κ1) is 20.8. The molecule has 0 bridgehead atoms. The topological polar surface area (TPSA) is 70.1 Å². The van der Waals surface area contributed by atoms with Crippen molar-refractivity contribution in [2.45, 2.75) is 6.04 Å². The Kier molecular flexibility index (Phi) is 6.32. The lowest BCUT2D eigenvalue weighted by Gasteiger charge is -2.31. The van der Waals surface area contributed by atoms with Gasteiger partial charge in [0.05, 0.1) is 24.8 Å². The second-order valence-corrected chi connectivity index (χ2v) is 8.28. The Labute approximate surface area is 183 Å². The number of hydrogen-bond donors (Lipinski definition) is 1. The quantitative estimate of drug-likeness (QED) is 0.412. The molecule has 1 amide bonds. The van der Waals surface area contributed by atoms with Crippen molar-refractivity contribution in [2.75, 3.05) is 39.4 Å². The second kappa shape index (κ2) is 9.12. The second-order valence-electron chi connectivity index (χ2n) is 7.36. The molecule has 1 atom stereocenters. The van der Waals surface area contributed by atoms with E-state index in [2.05, 4.69) is 20.8 Å². The predicted octanol–water partition coefficient (Wildman–Crippen LogP) is 3.20. The van der Waals surface area contributed by atoms with Crippen LogP contribution in [0.25, 0.3) is 5.76 Å². The fraction of sp³-hybridized carbons (Fsp3) is 0.304. The van der Waals surface area contributed by atoms with Gasteiger partial charge in [-0.1, -0.05) is 58.4 Å². The van der Waals surface area contributed by atoms with Crippen LogP contribution in [0.5, 0.6) is 0 Å². The third-order valence-electron chi connectivity index (χ3n) is 5.53. The van der Waals surface area contributed by atoms with E-state index in [-0.39, 0.29) is 11.3 Å². The van der Waals surface area contributed by atoms with E-state index >= 15 is 0 Å². The van der Waals surface area contributed by atoms with Crippen molar-refractivity contribution in [2.24, 2.45) is 0 Å². The number of carbonyl (C=O) groups is 2. The van der Waals surface area contributed by atoms with E-state index in [4.69, 9.17) is 4.74 Å². The molecule has 6 nitrogen and oxygen atoms in total. The van der Waals surface area contributed by atoms with Gasteiger partial charge < -0.3 is 14.7 Å². The largest absolute Gasteiger partial charge is 0.507 e. The summed E-state index contributed by atoms with van der Waals surface area (Å²) < 4.78 is 6.29. The van der Waals surface area contributed by atoms with Crippen LogP contribution in [0.4, 0.5) is 0 Å². The van der Waals surface area contributed by atoms with Crippen LogP contribution in [-0.4, -0.2) is 66.0 Å². The van der Waals surface area contributed by atoms with Crippen LogP contribution in [0, 0.1) is 0 Å². The molecule has 2 aromatic carbocycles. The number of amides is 1. The molecule has 2 aliphatic rings. The number of ketones is 1. The summed E-state index contributed by atoms with van der Waals surface area (Å²) in [6.45, 7) is 3.99. The van der Waals surface area contributed by atoms with Gasteiger partial charge in [0, 0.05) is 36.2 Å². The maximum Gasteiger partial charge on any atom is 0.295 e. The molecule has 0 spiro atoms. The number of carbonyl (C=O) groups excluding carboxylic acids is 2. The lowest BCUT2D eigenvalue weighted by atomic mass is 9.95. The Morgan fingerprint density at radius 2 is 1.67 bits per heavy atom. The monoisotopic (exact) mass is 470 g/mol. The van der Waals surface area contributed by atoms with E-state index in [1.54, 1.807) is 29.2 Å². The Morgan fingerprint density at radius 1 is 1.00 bits per heavy atom. The highest BCUT2D eigenvalue weighted by Gasteiger charge is 2.45. The molecular weight excluding hydrogens is 448 g/mol. The average molecular weight is 471 g/mol. The minimum atomic E-state index is -0.647. The van der Waals surface area contributed by atoms with Gasteiger partial charge in [-0.3, -0.25) is 14.5 Å². The van der Waals surface area contributed by atoms with E-state index < -0.39 is 17.7 Å². The zero-order chi connectivity index (χ0) is 21.1. The van der Waals surface area contributed by atoms with Crippen LogP contribution in [0.3, 0.4) is 0 Å². The zero-order valence-corrected chi connectivity index (χ0v) is 18.0. The molecule has 1 N–H and O–H groups in total. The summed E-state index contributed by atoms with van der Waals surface area (Å²) in [5.74, 6) is -1.37. The number of aliphatic hydroxyl groups is 1. The van der Waals surface area contributed by atoms with Crippen molar-refractivity contribution < 1.29 is 19.4 Å². The molecule has 2 saturated heterocycles. The van der Waals surface area contributed by atoms with Gasteiger partial charge >= 0.3 is 0 Å². The van der Waals surface area contributed by atoms with Crippen LogP contribution in [0.1, 0.15) is 17.2 Å². The summed E-state index contributed by atoms with van der Waals surface area (Å²) in [6.07, 6.45) is 0. The van der Waals surface area contributed by atoms with E-state index in [0.717, 1.165) is 23.1 Å². The fourth-order valence-electron chi connectivity index (χ4n) is 3.93. The third-order valence-corrected chi connectivity index (χ3v) is 6.06. The molecular formula is C23H23BrN2O4. The maximum absolute atomic E-state index is 13.0. The number of rotatable bonds is 5. The number of ether oxygens (including phenoxy) is 1. The number of Topliss-reactive ketones (excluding diaryl/α,β-unsaturated/α-hetero) is 1. The Bertz CT molecular complexity index is 953. The fourth-order valence-corrected chi connectivity index (χ4v) is 4.19. The number of halogens is 1. The normalized spacial score (nSPS) is 21.9. The number of benzene rings is 2.